The summed E-state index contributed by atoms with van der Waals surface area (Å²) in [5, 5.41) is 3.35. The Labute approximate surface area is 110 Å². The van der Waals surface area contributed by atoms with E-state index >= 15 is 0 Å². The molecular weight excluding hydrogens is 334 g/mol. The van der Waals surface area contributed by atoms with Crippen LogP contribution in [0.15, 0.2) is 45.3 Å². The number of halogens is 2. The van der Waals surface area contributed by atoms with Gasteiger partial charge in [0.25, 0.3) is 0 Å². The summed E-state index contributed by atoms with van der Waals surface area (Å²) < 4.78 is 7.77. The van der Waals surface area contributed by atoms with Crippen LogP contribution >= 0.6 is 31.9 Å². The summed E-state index contributed by atoms with van der Waals surface area (Å²) in [6.07, 6.45) is 0. The summed E-state index contributed by atoms with van der Waals surface area (Å²) in [5.74, 6) is 1.68. The number of anilines is 2. The van der Waals surface area contributed by atoms with E-state index in [0.717, 1.165) is 31.8 Å². The molecule has 1 aliphatic rings. The van der Waals surface area contributed by atoms with Crippen molar-refractivity contribution in [3.63, 3.8) is 0 Å². The zero-order chi connectivity index (χ0) is 11.1. The van der Waals surface area contributed by atoms with Crippen LogP contribution in [-0.2, 0) is 0 Å². The maximum absolute atomic E-state index is 5.80. The Bertz CT molecular complexity index is 569. The van der Waals surface area contributed by atoms with Crippen molar-refractivity contribution in [1.82, 2.24) is 0 Å². The molecule has 0 amide bonds. The van der Waals surface area contributed by atoms with Gasteiger partial charge in [0.15, 0.2) is 11.5 Å². The number of para-hydroxylation sites is 2. The van der Waals surface area contributed by atoms with E-state index in [9.17, 15) is 0 Å². The zero-order valence-corrected chi connectivity index (χ0v) is 11.3. The Morgan fingerprint density at radius 3 is 2.62 bits per heavy atom. The molecular formula is C12H7Br2NO. The second kappa shape index (κ2) is 3.79. The third kappa shape index (κ3) is 1.53. The first kappa shape index (κ1) is 10.2. The van der Waals surface area contributed by atoms with Crippen molar-refractivity contribution in [3.8, 4) is 11.5 Å². The van der Waals surface area contributed by atoms with Crippen LogP contribution in [0.5, 0.6) is 11.5 Å². The molecule has 16 heavy (non-hydrogen) atoms. The Hall–Kier alpha value is -1.00. The SMILES string of the molecule is Brc1ccc2c(c1Br)Nc1ccccc1O2. The molecule has 0 aliphatic carbocycles. The molecule has 2 nitrogen and oxygen atoms in total. The van der Waals surface area contributed by atoms with Gasteiger partial charge in [-0.3, -0.25) is 0 Å². The van der Waals surface area contributed by atoms with Crippen molar-refractivity contribution in [1.29, 1.82) is 0 Å². The largest absolute Gasteiger partial charge is 0.453 e. The fourth-order valence-corrected chi connectivity index (χ4v) is 2.40. The molecule has 0 saturated heterocycles. The van der Waals surface area contributed by atoms with E-state index in [1.165, 1.54) is 0 Å². The predicted octanol–water partition coefficient (Wildman–Crippen LogP) is 5.06. The van der Waals surface area contributed by atoms with E-state index in [4.69, 9.17) is 4.74 Å². The van der Waals surface area contributed by atoms with Crippen LogP contribution in [0.4, 0.5) is 11.4 Å². The highest BCUT2D eigenvalue weighted by Crippen LogP contribution is 2.47. The quantitative estimate of drug-likeness (QED) is 0.617. The Morgan fingerprint density at radius 2 is 1.75 bits per heavy atom. The van der Waals surface area contributed by atoms with Crippen molar-refractivity contribution in [2.45, 2.75) is 0 Å². The molecule has 0 radical (unpaired) electrons. The van der Waals surface area contributed by atoms with Crippen LogP contribution in [0.25, 0.3) is 0 Å². The second-order valence-electron chi connectivity index (χ2n) is 3.46. The van der Waals surface area contributed by atoms with Crippen molar-refractivity contribution in [2.75, 3.05) is 5.32 Å². The highest BCUT2D eigenvalue weighted by Gasteiger charge is 2.19. The number of benzene rings is 2. The smallest absolute Gasteiger partial charge is 0.152 e. The average molecular weight is 341 g/mol. The van der Waals surface area contributed by atoms with Gasteiger partial charge in [-0.2, -0.15) is 0 Å². The average Bonchev–Trinajstić information content (AvgIpc) is 2.32. The fourth-order valence-electron chi connectivity index (χ4n) is 1.65. The molecule has 80 valence electrons. The first-order valence-electron chi connectivity index (χ1n) is 4.77. The molecule has 2 aromatic rings. The van der Waals surface area contributed by atoms with E-state index in [1.807, 2.05) is 36.4 Å². The molecule has 0 aromatic heterocycles. The van der Waals surface area contributed by atoms with E-state index in [1.54, 1.807) is 0 Å². The van der Waals surface area contributed by atoms with Crippen molar-refractivity contribution >= 4 is 43.2 Å². The summed E-state index contributed by atoms with van der Waals surface area (Å²) in [6, 6.07) is 11.8. The molecule has 0 bridgehead atoms. The highest BCUT2D eigenvalue weighted by atomic mass is 79.9. The van der Waals surface area contributed by atoms with Crippen LogP contribution < -0.4 is 10.1 Å². The maximum atomic E-state index is 5.80. The standard InChI is InChI=1S/C12H7Br2NO/c13-7-5-6-10-12(11(7)14)15-8-3-1-2-4-9(8)16-10/h1-6,15H. The lowest BCUT2D eigenvalue weighted by atomic mass is 10.2. The minimum absolute atomic E-state index is 0.828. The van der Waals surface area contributed by atoms with Crippen LogP contribution in [0.1, 0.15) is 0 Å². The maximum Gasteiger partial charge on any atom is 0.152 e. The normalized spacial score (nSPS) is 12.1. The molecule has 0 saturated carbocycles. The van der Waals surface area contributed by atoms with Gasteiger partial charge in [-0.15, -0.1) is 0 Å². The monoisotopic (exact) mass is 339 g/mol. The number of hydrogen-bond donors (Lipinski definition) is 1. The van der Waals surface area contributed by atoms with Crippen LogP contribution in [0.3, 0.4) is 0 Å². The lowest BCUT2D eigenvalue weighted by Crippen LogP contribution is -2.03. The molecule has 1 aliphatic heterocycles. The first-order valence-corrected chi connectivity index (χ1v) is 6.36. The number of hydrogen-bond acceptors (Lipinski definition) is 2. The second-order valence-corrected chi connectivity index (χ2v) is 5.11. The molecule has 0 unspecified atom stereocenters. The molecule has 0 atom stereocenters. The third-order valence-corrected chi connectivity index (χ3v) is 4.44. The molecule has 4 heteroatoms. The number of ether oxygens (including phenoxy) is 1. The van der Waals surface area contributed by atoms with E-state index in [2.05, 4.69) is 37.2 Å². The summed E-state index contributed by atoms with van der Waals surface area (Å²) in [5.41, 5.74) is 1.93. The molecule has 0 fully saturated rings. The van der Waals surface area contributed by atoms with Gasteiger partial charge in [-0.1, -0.05) is 12.1 Å². The summed E-state index contributed by atoms with van der Waals surface area (Å²) in [6.45, 7) is 0. The van der Waals surface area contributed by atoms with Crippen LogP contribution in [0, 0.1) is 0 Å². The predicted molar refractivity (Wildman–Crippen MR) is 71.6 cm³/mol. The fraction of sp³-hybridized carbons (Fsp3) is 0. The van der Waals surface area contributed by atoms with Crippen molar-refractivity contribution in [2.24, 2.45) is 0 Å². The molecule has 0 spiro atoms. The first-order chi connectivity index (χ1) is 7.75. The number of rotatable bonds is 0. The lowest BCUT2D eigenvalue weighted by Gasteiger charge is -2.22. The van der Waals surface area contributed by atoms with E-state index in [-0.39, 0.29) is 0 Å². The van der Waals surface area contributed by atoms with Gasteiger partial charge in [-0.05, 0) is 56.1 Å². The Kier molecular flexibility index (Phi) is 2.41. The molecule has 1 heterocycles. The summed E-state index contributed by atoms with van der Waals surface area (Å²) in [4.78, 5) is 0. The van der Waals surface area contributed by atoms with Gasteiger partial charge >= 0.3 is 0 Å². The Morgan fingerprint density at radius 1 is 0.938 bits per heavy atom. The molecule has 3 rings (SSSR count). The number of nitrogens with one attached hydrogen (secondary N) is 1. The van der Waals surface area contributed by atoms with Gasteiger partial charge in [0.1, 0.15) is 0 Å². The van der Waals surface area contributed by atoms with Crippen LogP contribution in [-0.4, -0.2) is 0 Å². The third-order valence-electron chi connectivity index (χ3n) is 2.42. The topological polar surface area (TPSA) is 21.3 Å². The van der Waals surface area contributed by atoms with Gasteiger partial charge in [0, 0.05) is 4.47 Å². The zero-order valence-electron chi connectivity index (χ0n) is 8.13. The van der Waals surface area contributed by atoms with Gasteiger partial charge in [0.2, 0.25) is 0 Å². The summed E-state index contributed by atoms with van der Waals surface area (Å²) in [7, 11) is 0. The summed E-state index contributed by atoms with van der Waals surface area (Å²) >= 11 is 7.00. The van der Waals surface area contributed by atoms with Crippen LogP contribution in [0.2, 0.25) is 0 Å². The van der Waals surface area contributed by atoms with E-state index < -0.39 is 0 Å². The Balaban J connectivity index is 2.16. The minimum Gasteiger partial charge on any atom is -0.453 e. The lowest BCUT2D eigenvalue weighted by molar-refractivity contribution is 0.480. The van der Waals surface area contributed by atoms with Gasteiger partial charge in [-0.25, -0.2) is 0 Å². The van der Waals surface area contributed by atoms with Gasteiger partial charge in [0.05, 0.1) is 15.8 Å². The highest BCUT2D eigenvalue weighted by molar-refractivity contribution is 9.13. The van der Waals surface area contributed by atoms with E-state index in [0.29, 0.717) is 0 Å². The van der Waals surface area contributed by atoms with Crippen molar-refractivity contribution in [3.05, 3.63) is 45.3 Å². The molecule has 2 aromatic carbocycles. The van der Waals surface area contributed by atoms with Gasteiger partial charge < -0.3 is 10.1 Å². The minimum atomic E-state index is 0.828. The van der Waals surface area contributed by atoms with Crippen molar-refractivity contribution < 1.29 is 4.74 Å². The molecule has 1 N–H and O–H groups in total. The number of fused-ring (bicyclic) bond motifs is 2.